The number of ether oxygens (including phenoxy) is 1. The van der Waals surface area contributed by atoms with Crippen LogP contribution in [0, 0.1) is 5.41 Å². The number of hydrogen-bond donors (Lipinski definition) is 2. The lowest BCUT2D eigenvalue weighted by molar-refractivity contribution is -0.132. The maximum Gasteiger partial charge on any atom is 0.407 e. The molecule has 0 aromatic rings. The van der Waals surface area contributed by atoms with Crippen LogP contribution >= 0.6 is 0 Å². The normalized spacial score (nSPS) is 32.3. The van der Waals surface area contributed by atoms with Crippen LogP contribution in [0.2, 0.25) is 0 Å². The second-order valence-electron chi connectivity index (χ2n) is 7.35. The molecule has 0 aromatic heterocycles. The minimum Gasteiger partial charge on any atom is -0.444 e. The summed E-state index contributed by atoms with van der Waals surface area (Å²) in [7, 11) is 0. The Morgan fingerprint density at radius 3 is 2.19 bits per heavy atom. The summed E-state index contributed by atoms with van der Waals surface area (Å²) in [6.45, 7) is 4.49. The Labute approximate surface area is 125 Å². The lowest BCUT2D eigenvalue weighted by atomic mass is 9.52. The van der Waals surface area contributed by atoms with Crippen molar-refractivity contribution in [3.63, 3.8) is 0 Å². The second kappa shape index (κ2) is 5.34. The van der Waals surface area contributed by atoms with Gasteiger partial charge in [0.25, 0.3) is 0 Å². The van der Waals surface area contributed by atoms with Gasteiger partial charge in [-0.2, -0.15) is 13.2 Å². The Morgan fingerprint density at radius 2 is 1.71 bits per heavy atom. The van der Waals surface area contributed by atoms with Crippen molar-refractivity contribution >= 4 is 6.09 Å². The predicted molar refractivity (Wildman–Crippen MR) is 76.1 cm³/mol. The molecule has 0 unspecified atom stereocenters. The number of hydrogen-bond acceptors (Lipinski definition) is 3. The molecule has 7 heteroatoms. The van der Waals surface area contributed by atoms with E-state index < -0.39 is 24.4 Å². The van der Waals surface area contributed by atoms with Gasteiger partial charge in [0, 0.05) is 14.9 Å². The highest BCUT2D eigenvalue weighted by atomic mass is 19.4. The standard InChI is InChI=1S/C14H23F3N2O2.2H2/c1-12(2,3)21-11(20)19-10-6-13(7-10)4-9(5-13)18-8-14(15,16)17;;/h9-10,18H,4-8H2,1-3H3,(H,19,20);2*1H. The van der Waals surface area contributed by atoms with E-state index in [1.165, 1.54) is 0 Å². The van der Waals surface area contributed by atoms with Crippen molar-refractivity contribution in [2.24, 2.45) is 5.41 Å². The van der Waals surface area contributed by atoms with E-state index in [4.69, 9.17) is 4.74 Å². The fraction of sp³-hybridized carbons (Fsp3) is 0.929. The van der Waals surface area contributed by atoms with Crippen LogP contribution in [0.1, 0.15) is 49.3 Å². The summed E-state index contributed by atoms with van der Waals surface area (Å²) < 4.78 is 41.4. The van der Waals surface area contributed by atoms with Crippen molar-refractivity contribution in [2.45, 2.75) is 70.3 Å². The van der Waals surface area contributed by atoms with Crippen molar-refractivity contribution in [3.05, 3.63) is 0 Å². The molecule has 1 spiro atoms. The van der Waals surface area contributed by atoms with E-state index in [0.29, 0.717) is 0 Å². The molecule has 0 aromatic carbocycles. The smallest absolute Gasteiger partial charge is 0.407 e. The highest BCUT2D eigenvalue weighted by Crippen LogP contribution is 2.55. The first-order valence-electron chi connectivity index (χ1n) is 7.26. The van der Waals surface area contributed by atoms with Gasteiger partial charge in [0.15, 0.2) is 0 Å². The van der Waals surface area contributed by atoms with Gasteiger partial charge in [0.1, 0.15) is 5.60 Å². The van der Waals surface area contributed by atoms with Crippen LogP contribution < -0.4 is 10.6 Å². The summed E-state index contributed by atoms with van der Waals surface area (Å²) in [6.07, 6.45) is -1.39. The molecule has 2 rings (SSSR count). The number of nitrogens with one attached hydrogen (secondary N) is 2. The molecule has 2 saturated carbocycles. The summed E-state index contributed by atoms with van der Waals surface area (Å²) in [6, 6.07) is 0.0394. The van der Waals surface area contributed by atoms with Gasteiger partial charge in [-0.25, -0.2) is 4.79 Å². The van der Waals surface area contributed by atoms with Crippen molar-refractivity contribution in [1.82, 2.24) is 10.6 Å². The molecule has 2 aliphatic rings. The average Bonchev–Trinajstić information content (AvgIpc) is 2.13. The van der Waals surface area contributed by atoms with Crippen LogP contribution in [0.5, 0.6) is 0 Å². The Bertz CT molecular complexity index is 400. The lowest BCUT2D eigenvalue weighted by Crippen LogP contribution is -2.61. The topological polar surface area (TPSA) is 50.4 Å². The molecule has 2 fully saturated rings. The summed E-state index contributed by atoms with van der Waals surface area (Å²) >= 11 is 0. The fourth-order valence-corrected chi connectivity index (χ4v) is 3.29. The third kappa shape index (κ3) is 4.76. The van der Waals surface area contributed by atoms with Crippen molar-refractivity contribution < 1.29 is 25.6 Å². The zero-order chi connectivity index (χ0) is 15.9. The monoisotopic (exact) mass is 312 g/mol. The lowest BCUT2D eigenvalue weighted by Gasteiger charge is -2.58. The van der Waals surface area contributed by atoms with E-state index in [9.17, 15) is 18.0 Å². The molecule has 0 aliphatic heterocycles. The average molecular weight is 312 g/mol. The number of carbonyl (C=O) groups excluding carboxylic acids is 1. The van der Waals surface area contributed by atoms with Crippen molar-refractivity contribution in [2.75, 3.05) is 6.54 Å². The number of alkyl halides is 3. The molecular formula is C14H27F3N2O2. The largest absolute Gasteiger partial charge is 0.444 e. The first kappa shape index (κ1) is 16.4. The van der Waals surface area contributed by atoms with Crippen LogP contribution in [0.25, 0.3) is 0 Å². The van der Waals surface area contributed by atoms with Gasteiger partial charge in [-0.15, -0.1) is 0 Å². The SMILES string of the molecule is CC(C)(C)OC(=O)NC1CC2(CC(NCC(F)(F)F)C2)C1.[HH].[HH]. The van der Waals surface area contributed by atoms with Crippen molar-refractivity contribution in [1.29, 1.82) is 0 Å². The van der Waals surface area contributed by atoms with Crippen LogP contribution in [0.3, 0.4) is 0 Å². The van der Waals surface area contributed by atoms with Crippen LogP contribution in [-0.2, 0) is 4.74 Å². The summed E-state index contributed by atoms with van der Waals surface area (Å²) in [5, 5.41) is 5.34. The zero-order valence-corrected chi connectivity index (χ0v) is 12.6. The van der Waals surface area contributed by atoms with E-state index in [2.05, 4.69) is 10.6 Å². The number of amides is 1. The Hall–Kier alpha value is -0.980. The molecule has 126 valence electrons. The molecule has 2 N–H and O–H groups in total. The van der Waals surface area contributed by atoms with Gasteiger partial charge in [-0.3, -0.25) is 0 Å². The van der Waals surface area contributed by atoms with Gasteiger partial charge in [-0.05, 0) is 51.9 Å². The maximum absolute atomic E-state index is 12.1. The molecule has 21 heavy (non-hydrogen) atoms. The third-order valence-corrected chi connectivity index (χ3v) is 4.03. The first-order chi connectivity index (χ1) is 9.46. The predicted octanol–water partition coefficient (Wildman–Crippen LogP) is 3.47. The maximum atomic E-state index is 12.1. The highest BCUT2D eigenvalue weighted by molar-refractivity contribution is 5.68. The minimum atomic E-state index is -4.15. The van der Waals surface area contributed by atoms with Crippen LogP contribution in [-0.4, -0.2) is 36.5 Å². The Balaban J connectivity index is 0.00000242. The van der Waals surface area contributed by atoms with Crippen LogP contribution in [0.15, 0.2) is 0 Å². The third-order valence-electron chi connectivity index (χ3n) is 4.03. The number of carbonyl (C=O) groups is 1. The molecule has 0 radical (unpaired) electrons. The quantitative estimate of drug-likeness (QED) is 0.839. The second-order valence-corrected chi connectivity index (χ2v) is 7.35. The van der Waals surface area contributed by atoms with E-state index in [1.54, 1.807) is 20.8 Å². The molecule has 0 heterocycles. The zero-order valence-electron chi connectivity index (χ0n) is 12.6. The number of alkyl carbamates (subject to hydrolysis) is 1. The van der Waals surface area contributed by atoms with E-state index in [1.807, 2.05) is 0 Å². The Kier molecular flexibility index (Phi) is 4.17. The van der Waals surface area contributed by atoms with Gasteiger partial charge in [0.2, 0.25) is 0 Å². The molecule has 0 atom stereocenters. The van der Waals surface area contributed by atoms with E-state index in [-0.39, 0.29) is 20.4 Å². The summed E-state index contributed by atoms with van der Waals surface area (Å²) in [5.74, 6) is 0. The first-order valence-corrected chi connectivity index (χ1v) is 7.26. The molecule has 4 nitrogen and oxygen atoms in total. The molecule has 0 saturated heterocycles. The van der Waals surface area contributed by atoms with Gasteiger partial charge < -0.3 is 15.4 Å². The van der Waals surface area contributed by atoms with Crippen molar-refractivity contribution in [3.8, 4) is 0 Å². The summed E-state index contributed by atoms with van der Waals surface area (Å²) in [4.78, 5) is 11.6. The van der Waals surface area contributed by atoms with E-state index >= 15 is 0 Å². The van der Waals surface area contributed by atoms with Gasteiger partial charge >= 0.3 is 12.3 Å². The molecule has 1 amide bonds. The van der Waals surface area contributed by atoms with E-state index in [0.717, 1.165) is 25.7 Å². The highest BCUT2D eigenvalue weighted by Gasteiger charge is 2.53. The van der Waals surface area contributed by atoms with Gasteiger partial charge in [0.05, 0.1) is 6.54 Å². The molecular weight excluding hydrogens is 285 g/mol. The number of halogens is 3. The fourth-order valence-electron chi connectivity index (χ4n) is 3.29. The molecule has 2 aliphatic carbocycles. The van der Waals surface area contributed by atoms with Gasteiger partial charge in [-0.1, -0.05) is 0 Å². The Morgan fingerprint density at radius 1 is 1.19 bits per heavy atom. The van der Waals surface area contributed by atoms with Crippen LogP contribution in [0.4, 0.5) is 18.0 Å². The summed E-state index contributed by atoms with van der Waals surface area (Å²) in [5.41, 5.74) is -0.391. The number of rotatable bonds is 3. The molecule has 0 bridgehead atoms. The minimum absolute atomic E-state index is 0.